The number of carbonyl (C=O) groups excluding carboxylic acids is 1. The summed E-state index contributed by atoms with van der Waals surface area (Å²) in [7, 11) is -0.489. The van der Waals surface area contributed by atoms with Gasteiger partial charge in [0, 0.05) is 45.2 Å². The van der Waals surface area contributed by atoms with Crippen molar-refractivity contribution in [3.63, 3.8) is 0 Å². The smallest absolute Gasteiger partial charge is 0.270 e. The Morgan fingerprint density at radius 1 is 1.33 bits per heavy atom. The molecule has 0 aliphatic carbocycles. The summed E-state index contributed by atoms with van der Waals surface area (Å²) < 4.78 is 26.4. The Hall–Kier alpha value is -1.75. The molecule has 0 aliphatic rings. The van der Waals surface area contributed by atoms with Gasteiger partial charge in [-0.15, -0.1) is 12.4 Å². The SMILES string of the molecule is CNCCN(C)C(=O)CCNS(=O)(=O)c1cccc([N+](=O)[O-])c1.Cl. The van der Waals surface area contributed by atoms with E-state index in [4.69, 9.17) is 0 Å². The zero-order valence-electron chi connectivity index (χ0n) is 13.4. The minimum atomic E-state index is -3.89. The molecule has 24 heavy (non-hydrogen) atoms. The number of sulfonamides is 1. The number of benzene rings is 1. The molecule has 11 heteroatoms. The first-order valence-corrected chi connectivity index (χ1v) is 8.39. The van der Waals surface area contributed by atoms with Crippen LogP contribution in [0.1, 0.15) is 6.42 Å². The van der Waals surface area contributed by atoms with Crippen LogP contribution in [-0.2, 0) is 14.8 Å². The molecule has 0 saturated carbocycles. The Labute approximate surface area is 147 Å². The van der Waals surface area contributed by atoms with Gasteiger partial charge in [0.1, 0.15) is 0 Å². The van der Waals surface area contributed by atoms with Crippen LogP contribution < -0.4 is 10.0 Å². The zero-order valence-corrected chi connectivity index (χ0v) is 15.0. The summed E-state index contributed by atoms with van der Waals surface area (Å²) in [5.41, 5.74) is -0.309. The molecule has 2 N–H and O–H groups in total. The monoisotopic (exact) mass is 380 g/mol. The first-order valence-electron chi connectivity index (χ1n) is 6.90. The van der Waals surface area contributed by atoms with E-state index < -0.39 is 14.9 Å². The van der Waals surface area contributed by atoms with Crippen molar-refractivity contribution in [3.05, 3.63) is 34.4 Å². The maximum absolute atomic E-state index is 12.1. The molecule has 0 bridgehead atoms. The van der Waals surface area contributed by atoms with E-state index in [9.17, 15) is 23.3 Å². The normalized spacial score (nSPS) is 10.8. The minimum absolute atomic E-state index is 0. The van der Waals surface area contributed by atoms with Crippen molar-refractivity contribution < 1.29 is 18.1 Å². The quantitative estimate of drug-likeness (QED) is 0.471. The van der Waals surface area contributed by atoms with Crippen LogP contribution in [0.3, 0.4) is 0 Å². The molecule has 1 aromatic carbocycles. The van der Waals surface area contributed by atoms with Crippen molar-refractivity contribution in [2.45, 2.75) is 11.3 Å². The van der Waals surface area contributed by atoms with Crippen molar-refractivity contribution >= 4 is 34.0 Å². The number of halogens is 1. The number of hydrogen-bond acceptors (Lipinski definition) is 6. The first kappa shape index (κ1) is 22.2. The van der Waals surface area contributed by atoms with Crippen LogP contribution in [0.25, 0.3) is 0 Å². The molecule has 0 atom stereocenters. The molecule has 1 aromatic rings. The highest BCUT2D eigenvalue weighted by Crippen LogP contribution is 2.16. The van der Waals surface area contributed by atoms with Crippen molar-refractivity contribution in [1.82, 2.24) is 14.9 Å². The molecule has 1 rings (SSSR count). The highest BCUT2D eigenvalue weighted by atomic mass is 35.5. The van der Waals surface area contributed by atoms with E-state index in [1.54, 1.807) is 14.1 Å². The lowest BCUT2D eigenvalue weighted by Crippen LogP contribution is -2.35. The zero-order chi connectivity index (χ0) is 17.5. The average molecular weight is 381 g/mol. The maximum Gasteiger partial charge on any atom is 0.270 e. The van der Waals surface area contributed by atoms with Gasteiger partial charge in [-0.3, -0.25) is 14.9 Å². The van der Waals surface area contributed by atoms with E-state index in [0.29, 0.717) is 13.1 Å². The second-order valence-electron chi connectivity index (χ2n) is 4.82. The Kier molecular flexibility index (Phi) is 9.44. The fraction of sp³-hybridized carbons (Fsp3) is 0.462. The molecule has 1 amide bonds. The molecule has 0 spiro atoms. The van der Waals surface area contributed by atoms with E-state index in [-0.39, 0.29) is 41.9 Å². The maximum atomic E-state index is 12.1. The molecule has 0 unspecified atom stereocenters. The van der Waals surface area contributed by atoms with Gasteiger partial charge in [-0.05, 0) is 13.1 Å². The molecule has 0 saturated heterocycles. The van der Waals surface area contributed by atoms with Gasteiger partial charge < -0.3 is 10.2 Å². The van der Waals surface area contributed by atoms with Crippen LogP contribution in [0.2, 0.25) is 0 Å². The number of hydrogen-bond donors (Lipinski definition) is 2. The molecule has 9 nitrogen and oxygen atoms in total. The number of rotatable bonds is 9. The molecule has 0 radical (unpaired) electrons. The second kappa shape index (κ2) is 10.2. The van der Waals surface area contributed by atoms with Gasteiger partial charge in [0.15, 0.2) is 0 Å². The van der Waals surface area contributed by atoms with Gasteiger partial charge in [0.2, 0.25) is 15.9 Å². The summed E-state index contributed by atoms with van der Waals surface area (Å²) in [6.07, 6.45) is 0.00830. The van der Waals surface area contributed by atoms with Crippen LogP contribution in [0.5, 0.6) is 0 Å². The molecule has 0 aromatic heterocycles. The van der Waals surface area contributed by atoms with Gasteiger partial charge in [0.05, 0.1) is 9.82 Å². The number of nitro groups is 1. The van der Waals surface area contributed by atoms with Crippen molar-refractivity contribution in [2.75, 3.05) is 33.7 Å². The highest BCUT2D eigenvalue weighted by molar-refractivity contribution is 7.89. The predicted molar refractivity (Wildman–Crippen MR) is 91.7 cm³/mol. The third kappa shape index (κ3) is 6.79. The number of nitrogens with zero attached hydrogens (tertiary/aromatic N) is 2. The van der Waals surface area contributed by atoms with E-state index in [1.165, 1.54) is 23.1 Å². The Balaban J connectivity index is 0.00000529. The molecule has 0 fully saturated rings. The van der Waals surface area contributed by atoms with E-state index in [0.717, 1.165) is 6.07 Å². The first-order chi connectivity index (χ1) is 10.8. The van der Waals surface area contributed by atoms with E-state index >= 15 is 0 Å². The number of carbonyl (C=O) groups is 1. The number of amides is 1. The fourth-order valence-electron chi connectivity index (χ4n) is 1.73. The number of likely N-dealkylation sites (N-methyl/N-ethyl adjacent to an activating group) is 2. The Bertz CT molecular complexity index is 668. The topological polar surface area (TPSA) is 122 Å². The highest BCUT2D eigenvalue weighted by Gasteiger charge is 2.18. The van der Waals surface area contributed by atoms with Gasteiger partial charge >= 0.3 is 0 Å². The van der Waals surface area contributed by atoms with Crippen LogP contribution in [0.4, 0.5) is 5.69 Å². The van der Waals surface area contributed by atoms with E-state index in [2.05, 4.69) is 10.0 Å². The lowest BCUT2D eigenvalue weighted by Gasteiger charge is -2.16. The minimum Gasteiger partial charge on any atom is -0.344 e. The van der Waals surface area contributed by atoms with E-state index in [1.807, 2.05) is 0 Å². The predicted octanol–water partition coefficient (Wildman–Crippen LogP) is 0.363. The standard InChI is InChI=1S/C13H20N4O5S.ClH/c1-14-8-9-16(2)13(18)6-7-15-23(21,22)12-5-3-4-11(10-12)17(19)20;/h3-5,10,14-15H,6-9H2,1-2H3;1H. The van der Waals surface area contributed by atoms with Crippen LogP contribution in [0, 0.1) is 10.1 Å². The summed E-state index contributed by atoms with van der Waals surface area (Å²) in [5, 5.41) is 13.6. The van der Waals surface area contributed by atoms with Gasteiger partial charge in [-0.25, -0.2) is 13.1 Å². The molecule has 0 aliphatic heterocycles. The van der Waals surface area contributed by atoms with Crippen LogP contribution in [-0.4, -0.2) is 57.9 Å². The summed E-state index contributed by atoms with van der Waals surface area (Å²) in [6, 6.07) is 4.74. The molecule has 136 valence electrons. The number of nitrogens with one attached hydrogen (secondary N) is 2. The molecular weight excluding hydrogens is 360 g/mol. The molecular formula is C13H21ClN4O5S. The fourth-order valence-corrected chi connectivity index (χ4v) is 2.81. The third-order valence-corrected chi connectivity index (χ3v) is 4.55. The van der Waals surface area contributed by atoms with Crippen LogP contribution in [0.15, 0.2) is 29.2 Å². The third-order valence-electron chi connectivity index (χ3n) is 3.09. The largest absolute Gasteiger partial charge is 0.344 e. The summed E-state index contributed by atoms with van der Waals surface area (Å²) in [6.45, 7) is 1.09. The lowest BCUT2D eigenvalue weighted by atomic mass is 10.3. The Morgan fingerprint density at radius 3 is 2.58 bits per heavy atom. The molecule has 0 heterocycles. The van der Waals surface area contributed by atoms with Crippen molar-refractivity contribution in [1.29, 1.82) is 0 Å². The van der Waals surface area contributed by atoms with Gasteiger partial charge in [-0.1, -0.05) is 6.07 Å². The number of non-ortho nitro benzene ring substituents is 1. The summed E-state index contributed by atoms with van der Waals surface area (Å²) in [4.78, 5) is 23.1. The summed E-state index contributed by atoms with van der Waals surface area (Å²) >= 11 is 0. The lowest BCUT2D eigenvalue weighted by molar-refractivity contribution is -0.385. The van der Waals surface area contributed by atoms with Crippen molar-refractivity contribution in [2.24, 2.45) is 0 Å². The van der Waals surface area contributed by atoms with Gasteiger partial charge in [0.25, 0.3) is 5.69 Å². The number of nitro benzene ring substituents is 1. The summed E-state index contributed by atoms with van der Waals surface area (Å²) in [5.74, 6) is -0.193. The van der Waals surface area contributed by atoms with Gasteiger partial charge in [-0.2, -0.15) is 0 Å². The second-order valence-corrected chi connectivity index (χ2v) is 6.59. The van der Waals surface area contributed by atoms with Crippen molar-refractivity contribution in [3.8, 4) is 0 Å². The van der Waals surface area contributed by atoms with Crippen LogP contribution >= 0.6 is 12.4 Å². The average Bonchev–Trinajstić information content (AvgIpc) is 2.52. The Morgan fingerprint density at radius 2 is 2.00 bits per heavy atom.